The predicted molar refractivity (Wildman–Crippen MR) is 63.4 cm³/mol. The Bertz CT molecular complexity index is 475. The first-order valence-corrected chi connectivity index (χ1v) is 6.41. The number of halogens is 2. The molecule has 0 amide bonds. The summed E-state index contributed by atoms with van der Waals surface area (Å²) in [6, 6.07) is 0. The third-order valence-electron chi connectivity index (χ3n) is 1.68. The molecule has 2 heterocycles. The van der Waals surface area contributed by atoms with Gasteiger partial charge >= 0.3 is 6.43 Å². The molecule has 0 saturated carbocycles. The van der Waals surface area contributed by atoms with E-state index in [9.17, 15) is 8.78 Å². The van der Waals surface area contributed by atoms with Gasteiger partial charge in [-0.15, -0.1) is 10.2 Å². The fourth-order valence-corrected chi connectivity index (χ4v) is 1.29. The standard InChI is InChI=1S/C8H6F2N4OS.C2H6/c1-16-8-11-2-4(3-12-8)6-13-14-7(15-6)5(9)10;1-2/h2-3,5H,1H3;1-2H3. The molecule has 98 valence electrons. The Morgan fingerprint density at radius 2 is 1.78 bits per heavy atom. The molecular formula is C10H12F2N4OS. The zero-order chi connectivity index (χ0) is 13.5. The Balaban J connectivity index is 0.000000771. The van der Waals surface area contributed by atoms with Crippen LogP contribution in [0, 0.1) is 0 Å². The molecule has 5 nitrogen and oxygen atoms in total. The Morgan fingerprint density at radius 1 is 1.17 bits per heavy atom. The van der Waals surface area contributed by atoms with Gasteiger partial charge in [-0.3, -0.25) is 0 Å². The van der Waals surface area contributed by atoms with Crippen LogP contribution < -0.4 is 0 Å². The van der Waals surface area contributed by atoms with E-state index in [1.165, 1.54) is 24.2 Å². The van der Waals surface area contributed by atoms with Gasteiger partial charge in [0, 0.05) is 12.4 Å². The fourth-order valence-electron chi connectivity index (χ4n) is 0.971. The van der Waals surface area contributed by atoms with E-state index in [0.717, 1.165) is 0 Å². The average Bonchev–Trinajstić information content (AvgIpc) is 2.91. The zero-order valence-electron chi connectivity index (χ0n) is 10.1. The summed E-state index contributed by atoms with van der Waals surface area (Å²) in [6.45, 7) is 4.00. The molecule has 0 aromatic carbocycles. The summed E-state index contributed by atoms with van der Waals surface area (Å²) in [6.07, 6.45) is 1.95. The zero-order valence-corrected chi connectivity index (χ0v) is 10.9. The minimum absolute atomic E-state index is 0.0112. The number of aromatic nitrogens is 4. The lowest BCUT2D eigenvalue weighted by molar-refractivity contribution is 0.116. The third-order valence-corrected chi connectivity index (χ3v) is 2.26. The van der Waals surface area contributed by atoms with Gasteiger partial charge in [0.15, 0.2) is 5.16 Å². The van der Waals surface area contributed by atoms with Gasteiger partial charge in [-0.25, -0.2) is 9.97 Å². The number of thioether (sulfide) groups is 1. The lowest BCUT2D eigenvalue weighted by atomic mass is 10.3. The van der Waals surface area contributed by atoms with Crippen LogP contribution in [0.15, 0.2) is 22.0 Å². The number of hydrogen-bond donors (Lipinski definition) is 0. The molecule has 0 N–H and O–H groups in total. The molecule has 0 atom stereocenters. The van der Waals surface area contributed by atoms with Crippen LogP contribution in [0.25, 0.3) is 11.5 Å². The summed E-state index contributed by atoms with van der Waals surface area (Å²) in [4.78, 5) is 7.93. The third kappa shape index (κ3) is 3.46. The molecule has 8 heteroatoms. The second-order valence-electron chi connectivity index (χ2n) is 2.70. The molecule has 0 spiro atoms. The highest BCUT2D eigenvalue weighted by molar-refractivity contribution is 7.98. The van der Waals surface area contributed by atoms with Crippen LogP contribution in [0.4, 0.5) is 8.78 Å². The highest BCUT2D eigenvalue weighted by Crippen LogP contribution is 2.22. The van der Waals surface area contributed by atoms with Gasteiger partial charge in [-0.2, -0.15) is 8.78 Å². The quantitative estimate of drug-likeness (QED) is 0.632. The molecule has 0 radical (unpaired) electrons. The first-order valence-electron chi connectivity index (χ1n) is 5.18. The molecule has 0 aliphatic heterocycles. The topological polar surface area (TPSA) is 64.7 Å². The molecule has 0 aliphatic carbocycles. The van der Waals surface area contributed by atoms with Crippen molar-refractivity contribution in [3.63, 3.8) is 0 Å². The van der Waals surface area contributed by atoms with Crippen molar-refractivity contribution in [2.24, 2.45) is 0 Å². The van der Waals surface area contributed by atoms with E-state index in [1.807, 2.05) is 20.1 Å². The molecule has 0 saturated heterocycles. The van der Waals surface area contributed by atoms with Crippen LogP contribution in [0.2, 0.25) is 0 Å². The van der Waals surface area contributed by atoms with E-state index in [2.05, 4.69) is 20.2 Å². The van der Waals surface area contributed by atoms with Gasteiger partial charge in [0.1, 0.15) is 0 Å². The summed E-state index contributed by atoms with van der Waals surface area (Å²) in [5.74, 6) is -0.716. The van der Waals surface area contributed by atoms with Gasteiger partial charge in [0.2, 0.25) is 0 Å². The molecule has 0 fully saturated rings. The molecular weight excluding hydrogens is 262 g/mol. The molecule has 0 bridgehead atoms. The highest BCUT2D eigenvalue weighted by Gasteiger charge is 2.17. The predicted octanol–water partition coefficient (Wildman–Crippen LogP) is 3.21. The number of rotatable bonds is 3. The van der Waals surface area contributed by atoms with Crippen LogP contribution in [-0.4, -0.2) is 26.4 Å². The molecule has 18 heavy (non-hydrogen) atoms. The molecule has 2 rings (SSSR count). The fraction of sp³-hybridized carbons (Fsp3) is 0.400. The first-order chi connectivity index (χ1) is 8.70. The van der Waals surface area contributed by atoms with Crippen molar-refractivity contribution in [3.05, 3.63) is 18.3 Å². The number of nitrogens with zero attached hydrogens (tertiary/aromatic N) is 4. The van der Waals surface area contributed by atoms with Crippen molar-refractivity contribution in [2.75, 3.05) is 6.26 Å². The Hall–Kier alpha value is -1.57. The second-order valence-corrected chi connectivity index (χ2v) is 3.48. The summed E-state index contributed by atoms with van der Waals surface area (Å²) in [5.41, 5.74) is 0.414. The van der Waals surface area contributed by atoms with Crippen LogP contribution >= 0.6 is 11.8 Å². The van der Waals surface area contributed by atoms with Gasteiger partial charge in [-0.1, -0.05) is 25.6 Å². The van der Waals surface area contributed by atoms with Crippen molar-refractivity contribution >= 4 is 11.8 Å². The minimum Gasteiger partial charge on any atom is -0.415 e. The Labute approximate surface area is 107 Å². The smallest absolute Gasteiger partial charge is 0.314 e. The van der Waals surface area contributed by atoms with Gasteiger partial charge < -0.3 is 4.42 Å². The maximum Gasteiger partial charge on any atom is 0.314 e. The maximum absolute atomic E-state index is 12.2. The van der Waals surface area contributed by atoms with Crippen molar-refractivity contribution in [2.45, 2.75) is 25.4 Å². The average molecular weight is 274 g/mol. The normalized spacial score (nSPS) is 10.1. The Kier molecular flexibility index (Phi) is 5.63. The summed E-state index contributed by atoms with van der Waals surface area (Å²) < 4.78 is 29.1. The van der Waals surface area contributed by atoms with Crippen LogP contribution in [0.1, 0.15) is 26.2 Å². The second kappa shape index (κ2) is 7.00. The van der Waals surface area contributed by atoms with E-state index >= 15 is 0 Å². The lowest BCUT2D eigenvalue weighted by Crippen LogP contribution is -1.86. The first kappa shape index (κ1) is 14.5. The number of hydrogen-bond acceptors (Lipinski definition) is 6. The van der Waals surface area contributed by atoms with Crippen molar-refractivity contribution < 1.29 is 13.2 Å². The van der Waals surface area contributed by atoms with Gasteiger partial charge in [0.05, 0.1) is 5.56 Å². The highest BCUT2D eigenvalue weighted by atomic mass is 32.2. The van der Waals surface area contributed by atoms with Crippen molar-refractivity contribution in [1.82, 2.24) is 20.2 Å². The van der Waals surface area contributed by atoms with Crippen LogP contribution in [0.5, 0.6) is 0 Å². The largest absolute Gasteiger partial charge is 0.415 e. The lowest BCUT2D eigenvalue weighted by Gasteiger charge is -1.95. The van der Waals surface area contributed by atoms with E-state index in [4.69, 9.17) is 4.42 Å². The summed E-state index contributed by atoms with van der Waals surface area (Å²) >= 11 is 1.37. The monoisotopic (exact) mass is 274 g/mol. The molecule has 0 unspecified atom stereocenters. The van der Waals surface area contributed by atoms with Crippen LogP contribution in [-0.2, 0) is 0 Å². The minimum atomic E-state index is -2.77. The molecule has 2 aromatic heterocycles. The van der Waals surface area contributed by atoms with E-state index in [-0.39, 0.29) is 5.89 Å². The maximum atomic E-state index is 12.2. The van der Waals surface area contributed by atoms with Gasteiger partial charge in [0.25, 0.3) is 11.8 Å². The van der Waals surface area contributed by atoms with Gasteiger partial charge in [-0.05, 0) is 6.26 Å². The SMILES string of the molecule is CC.CSc1ncc(-c2nnc(C(F)F)o2)cn1. The Morgan fingerprint density at radius 3 is 2.22 bits per heavy atom. The summed E-state index contributed by atoms with van der Waals surface area (Å²) in [7, 11) is 0. The van der Waals surface area contributed by atoms with E-state index in [1.54, 1.807) is 0 Å². The van der Waals surface area contributed by atoms with Crippen molar-refractivity contribution in [1.29, 1.82) is 0 Å². The number of alkyl halides is 2. The summed E-state index contributed by atoms with van der Waals surface area (Å²) in [5, 5.41) is 7.27. The molecule has 2 aromatic rings. The molecule has 0 aliphatic rings. The van der Waals surface area contributed by atoms with Crippen molar-refractivity contribution in [3.8, 4) is 11.5 Å². The van der Waals surface area contributed by atoms with E-state index in [0.29, 0.717) is 10.7 Å². The van der Waals surface area contributed by atoms with E-state index < -0.39 is 12.3 Å². The van der Waals surface area contributed by atoms with Crippen LogP contribution in [0.3, 0.4) is 0 Å².